The second-order valence-corrected chi connectivity index (χ2v) is 16.9. The summed E-state index contributed by atoms with van der Waals surface area (Å²) < 4.78 is 38.4. The molecule has 2 bridgehead atoms. The molecule has 13 heteroatoms. The highest BCUT2D eigenvalue weighted by molar-refractivity contribution is 5.98. The summed E-state index contributed by atoms with van der Waals surface area (Å²) in [6.45, 7) is 7.44. The van der Waals surface area contributed by atoms with E-state index in [4.69, 9.17) is 19.8 Å². The highest BCUT2D eigenvalue weighted by Gasteiger charge is 2.49. The number of amides is 1. The number of ether oxygens (including phenoxy) is 1. The third kappa shape index (κ3) is 6.08. The van der Waals surface area contributed by atoms with Crippen molar-refractivity contribution in [2.45, 2.75) is 109 Å². The van der Waals surface area contributed by atoms with E-state index in [1.165, 1.54) is 12.5 Å². The number of rotatable bonds is 7. The van der Waals surface area contributed by atoms with Gasteiger partial charge >= 0.3 is 6.01 Å². The van der Waals surface area contributed by atoms with Crippen LogP contribution in [0.4, 0.5) is 20.3 Å². The monoisotopic (exact) mass is 752 g/mol. The number of likely N-dealkylation sites (tertiary alicyclic amines) is 1. The number of phenols is 1. The Bertz CT molecular complexity index is 2160. The van der Waals surface area contributed by atoms with Gasteiger partial charge in [0.15, 0.2) is 5.69 Å². The lowest BCUT2D eigenvalue weighted by Crippen LogP contribution is -2.43. The Morgan fingerprint density at radius 2 is 1.93 bits per heavy atom. The SMILES string of the molecule is CCc1c(F)ccc2cc(O)cc(N3CCc4c(nc(OC[C@@]56CCCN5C[C@H](F)C6)nc4N4CCCn5nc(C(=O)N6CC[C@@H]7CC[C@H]6C7)cc5C4)C3)c12. The molecule has 4 atom stereocenters. The minimum absolute atomic E-state index is 0.0426. The predicted molar refractivity (Wildman–Crippen MR) is 205 cm³/mol. The van der Waals surface area contributed by atoms with Crippen LogP contribution >= 0.6 is 0 Å². The van der Waals surface area contributed by atoms with Crippen LogP contribution in [0.3, 0.4) is 0 Å². The van der Waals surface area contributed by atoms with Gasteiger partial charge in [0.2, 0.25) is 0 Å². The van der Waals surface area contributed by atoms with Crippen molar-refractivity contribution < 1.29 is 23.4 Å². The van der Waals surface area contributed by atoms with Crippen molar-refractivity contribution in [3.05, 3.63) is 64.4 Å². The van der Waals surface area contributed by atoms with Crippen molar-refractivity contribution in [2.75, 3.05) is 49.1 Å². The van der Waals surface area contributed by atoms with Crippen LogP contribution in [0.1, 0.15) is 91.3 Å². The normalized spacial score (nSPS) is 26.3. The third-order valence-electron chi connectivity index (χ3n) is 13.6. The smallest absolute Gasteiger partial charge is 0.318 e. The molecular weight excluding hydrogens is 703 g/mol. The number of alkyl halides is 1. The van der Waals surface area contributed by atoms with Gasteiger partial charge in [-0.05, 0) is 99.4 Å². The Labute approximate surface area is 320 Å². The maximum Gasteiger partial charge on any atom is 0.318 e. The molecule has 5 aliphatic heterocycles. The maximum absolute atomic E-state index is 15.2. The van der Waals surface area contributed by atoms with E-state index in [-0.39, 0.29) is 29.0 Å². The molecule has 6 aliphatic rings. The molecular formula is C42H50F2N8O3. The number of aryl methyl sites for hydroxylation is 2. The van der Waals surface area contributed by atoms with Crippen LogP contribution < -0.4 is 14.5 Å². The van der Waals surface area contributed by atoms with E-state index in [2.05, 4.69) is 19.6 Å². The van der Waals surface area contributed by atoms with Crippen LogP contribution in [0, 0.1) is 11.7 Å². The fourth-order valence-corrected chi connectivity index (χ4v) is 10.9. The average molecular weight is 753 g/mol. The molecule has 2 aromatic carbocycles. The van der Waals surface area contributed by atoms with Gasteiger partial charge in [-0.3, -0.25) is 14.4 Å². The van der Waals surface area contributed by atoms with Crippen molar-refractivity contribution in [3.8, 4) is 11.8 Å². The minimum atomic E-state index is -0.865. The van der Waals surface area contributed by atoms with Crippen molar-refractivity contribution in [2.24, 2.45) is 5.92 Å². The molecule has 7 heterocycles. The molecule has 0 spiro atoms. The van der Waals surface area contributed by atoms with Gasteiger partial charge in [0.05, 0.1) is 30.0 Å². The van der Waals surface area contributed by atoms with Crippen molar-refractivity contribution in [1.29, 1.82) is 0 Å². The lowest BCUT2D eigenvalue weighted by atomic mass is 9.95. The summed E-state index contributed by atoms with van der Waals surface area (Å²) >= 11 is 0. The van der Waals surface area contributed by atoms with Gasteiger partial charge in [-0.25, -0.2) is 8.78 Å². The van der Waals surface area contributed by atoms with Crippen LogP contribution in [0.5, 0.6) is 11.8 Å². The summed E-state index contributed by atoms with van der Waals surface area (Å²) in [6.07, 6.45) is 7.97. The highest BCUT2D eigenvalue weighted by atomic mass is 19.1. The van der Waals surface area contributed by atoms with Crippen molar-refractivity contribution in [1.82, 2.24) is 29.5 Å². The number of piperidine rings is 1. The van der Waals surface area contributed by atoms with Gasteiger partial charge in [0, 0.05) is 67.9 Å². The number of hydrogen-bond acceptors (Lipinski definition) is 9. The number of carbonyl (C=O) groups excluding carboxylic acids is 1. The van der Waals surface area contributed by atoms with Crippen LogP contribution in [0.25, 0.3) is 10.8 Å². The van der Waals surface area contributed by atoms with Crippen LogP contribution in [0.2, 0.25) is 0 Å². The average Bonchev–Trinajstić information content (AvgIpc) is 3.92. The Balaban J connectivity index is 0.991. The summed E-state index contributed by atoms with van der Waals surface area (Å²) in [5.74, 6) is 1.49. The van der Waals surface area contributed by atoms with E-state index in [1.807, 2.05) is 17.7 Å². The van der Waals surface area contributed by atoms with E-state index in [1.54, 1.807) is 18.2 Å². The van der Waals surface area contributed by atoms with E-state index < -0.39 is 6.17 Å². The van der Waals surface area contributed by atoms with Gasteiger partial charge in [-0.1, -0.05) is 13.0 Å². The number of aromatic nitrogens is 4. The van der Waals surface area contributed by atoms with E-state index in [0.29, 0.717) is 75.9 Å². The van der Waals surface area contributed by atoms with Crippen LogP contribution in [-0.2, 0) is 32.5 Å². The Kier molecular flexibility index (Phi) is 8.64. The van der Waals surface area contributed by atoms with E-state index in [9.17, 15) is 14.3 Å². The maximum atomic E-state index is 15.2. The predicted octanol–water partition coefficient (Wildman–Crippen LogP) is 6.18. The largest absolute Gasteiger partial charge is 0.508 e. The Morgan fingerprint density at radius 3 is 2.82 bits per heavy atom. The number of halogens is 2. The number of phenolic OH excluding ortho intramolecular Hbond substituents is 1. The number of fused-ring (bicyclic) bond motifs is 6. The summed E-state index contributed by atoms with van der Waals surface area (Å²) in [5.41, 5.74) is 4.41. The quantitative estimate of drug-likeness (QED) is 0.237. The molecule has 0 unspecified atom stereocenters. The zero-order chi connectivity index (χ0) is 37.4. The van der Waals surface area contributed by atoms with Gasteiger partial charge in [0.1, 0.15) is 30.2 Å². The van der Waals surface area contributed by atoms with Crippen molar-refractivity contribution in [3.63, 3.8) is 0 Å². The Hall–Kier alpha value is -4.52. The first-order chi connectivity index (χ1) is 26.7. The topological polar surface area (TPSA) is 103 Å². The summed E-state index contributed by atoms with van der Waals surface area (Å²) in [6, 6.07) is 9.21. The summed E-state index contributed by atoms with van der Waals surface area (Å²) in [4.78, 5) is 32.7. The van der Waals surface area contributed by atoms with E-state index in [0.717, 1.165) is 103 Å². The lowest BCUT2D eigenvalue weighted by Gasteiger charge is -2.35. The molecule has 55 heavy (non-hydrogen) atoms. The number of nitrogens with zero attached hydrogens (tertiary/aromatic N) is 8. The zero-order valence-electron chi connectivity index (χ0n) is 31.7. The molecule has 2 aromatic heterocycles. The molecule has 4 fully saturated rings. The fourth-order valence-electron chi connectivity index (χ4n) is 10.9. The minimum Gasteiger partial charge on any atom is -0.508 e. The van der Waals surface area contributed by atoms with Crippen LogP contribution in [-0.4, -0.2) is 97.6 Å². The number of anilines is 2. The molecule has 10 rings (SSSR count). The first-order valence-corrected chi connectivity index (χ1v) is 20.5. The molecule has 290 valence electrons. The van der Waals surface area contributed by atoms with E-state index >= 15 is 4.39 Å². The molecule has 3 saturated heterocycles. The first kappa shape index (κ1) is 34.9. The molecule has 1 saturated carbocycles. The molecule has 1 amide bonds. The Morgan fingerprint density at radius 1 is 1.02 bits per heavy atom. The first-order valence-electron chi connectivity index (χ1n) is 20.5. The molecule has 4 aromatic rings. The third-order valence-corrected chi connectivity index (χ3v) is 13.6. The molecule has 0 radical (unpaired) electrons. The highest BCUT2D eigenvalue weighted by Crippen LogP contribution is 2.42. The molecule has 11 nitrogen and oxygen atoms in total. The zero-order valence-corrected chi connectivity index (χ0v) is 31.7. The number of hydrogen-bond donors (Lipinski definition) is 1. The van der Waals surface area contributed by atoms with Crippen LogP contribution in [0.15, 0.2) is 30.3 Å². The summed E-state index contributed by atoms with van der Waals surface area (Å²) in [7, 11) is 0. The fraction of sp³-hybridized carbons (Fsp3) is 0.571. The van der Waals surface area contributed by atoms with Gasteiger partial charge < -0.3 is 24.5 Å². The molecule has 1 N–H and O–H groups in total. The number of carbonyl (C=O) groups is 1. The van der Waals surface area contributed by atoms with Gasteiger partial charge in [-0.15, -0.1) is 0 Å². The van der Waals surface area contributed by atoms with Gasteiger partial charge in [-0.2, -0.15) is 15.1 Å². The van der Waals surface area contributed by atoms with Crippen molar-refractivity contribution >= 4 is 28.2 Å². The number of aromatic hydroxyl groups is 1. The molecule has 1 aliphatic carbocycles. The second kappa shape index (κ2) is 13.6. The second-order valence-electron chi connectivity index (χ2n) is 16.9. The standard InChI is InChI=1S/C42H50F2N8O3/c1-2-32-34(44)8-6-27-18-31(53)20-37(38(27)32)48-15-10-33-36(24-48)45-41(55-25-42-11-3-13-50(42)22-28(43)21-42)46-39(33)49-12-4-14-52-30(23-49)19-35(47-52)40(54)51-16-9-26-5-7-29(51)17-26/h6,8,18-20,26,28-29,53H,2-5,7,9-17,21-25H2,1H3/t26-,28+,29-,42-/m0/s1. The number of benzene rings is 2. The lowest BCUT2D eigenvalue weighted by molar-refractivity contribution is 0.0622. The summed E-state index contributed by atoms with van der Waals surface area (Å²) in [5, 5.41) is 17.3. The van der Waals surface area contributed by atoms with Gasteiger partial charge in [0.25, 0.3) is 5.91 Å².